The Balaban J connectivity index is 2.04. The second kappa shape index (κ2) is 6.80. The molecule has 1 aliphatic carbocycles. The standard InChI is InChI=1S/C14H25N3/c1-2-10-15-13-8-5-3-4-6-9-14(13)17-12-7-11-16-17/h7,11-15H,2-6,8-10H2,1H3. The van der Waals surface area contributed by atoms with Crippen LogP contribution in [0.15, 0.2) is 18.5 Å². The molecule has 1 heterocycles. The molecule has 0 bridgehead atoms. The summed E-state index contributed by atoms with van der Waals surface area (Å²) in [6, 6.07) is 3.20. The maximum Gasteiger partial charge on any atom is 0.0672 e. The lowest BCUT2D eigenvalue weighted by atomic mass is 9.92. The highest BCUT2D eigenvalue weighted by atomic mass is 15.3. The van der Waals surface area contributed by atoms with Gasteiger partial charge in [-0.25, -0.2) is 0 Å². The molecule has 2 unspecified atom stereocenters. The molecule has 0 radical (unpaired) electrons. The zero-order valence-electron chi connectivity index (χ0n) is 10.9. The molecule has 3 nitrogen and oxygen atoms in total. The maximum atomic E-state index is 4.45. The molecule has 0 amide bonds. The van der Waals surface area contributed by atoms with Gasteiger partial charge in [0.2, 0.25) is 0 Å². The molecule has 1 aliphatic rings. The Labute approximate surface area is 105 Å². The van der Waals surface area contributed by atoms with E-state index in [1.807, 2.05) is 12.3 Å². The van der Waals surface area contributed by atoms with Crippen LogP contribution in [0.2, 0.25) is 0 Å². The fourth-order valence-electron chi connectivity index (χ4n) is 2.83. The average molecular weight is 235 g/mol. The molecule has 0 aromatic carbocycles. The largest absolute Gasteiger partial charge is 0.312 e. The van der Waals surface area contributed by atoms with E-state index in [2.05, 4.69) is 28.2 Å². The molecular weight excluding hydrogens is 210 g/mol. The van der Waals surface area contributed by atoms with Crippen molar-refractivity contribution in [1.82, 2.24) is 15.1 Å². The molecule has 1 aromatic heterocycles. The van der Waals surface area contributed by atoms with E-state index in [-0.39, 0.29) is 0 Å². The van der Waals surface area contributed by atoms with Crippen molar-refractivity contribution in [2.45, 2.75) is 64.0 Å². The molecule has 2 atom stereocenters. The second-order valence-corrected chi connectivity index (χ2v) is 5.11. The summed E-state index contributed by atoms with van der Waals surface area (Å²) in [7, 11) is 0. The minimum atomic E-state index is 0.553. The van der Waals surface area contributed by atoms with Crippen molar-refractivity contribution in [3.8, 4) is 0 Å². The van der Waals surface area contributed by atoms with Crippen molar-refractivity contribution in [2.24, 2.45) is 0 Å². The summed E-state index contributed by atoms with van der Waals surface area (Å²) >= 11 is 0. The maximum absolute atomic E-state index is 4.45. The molecule has 2 rings (SSSR count). The molecular formula is C14H25N3. The van der Waals surface area contributed by atoms with E-state index in [1.165, 1.54) is 44.9 Å². The second-order valence-electron chi connectivity index (χ2n) is 5.11. The van der Waals surface area contributed by atoms with E-state index in [0.29, 0.717) is 12.1 Å². The Morgan fingerprint density at radius 2 is 2.06 bits per heavy atom. The van der Waals surface area contributed by atoms with Crippen LogP contribution < -0.4 is 5.32 Å². The monoisotopic (exact) mass is 235 g/mol. The summed E-state index contributed by atoms with van der Waals surface area (Å²) in [5.74, 6) is 0. The number of hydrogen-bond donors (Lipinski definition) is 1. The van der Waals surface area contributed by atoms with E-state index >= 15 is 0 Å². The molecule has 0 saturated heterocycles. The third kappa shape index (κ3) is 3.56. The Hall–Kier alpha value is -0.830. The first-order chi connectivity index (χ1) is 8.42. The average Bonchev–Trinajstić information content (AvgIpc) is 2.81. The Kier molecular flexibility index (Phi) is 5.05. The van der Waals surface area contributed by atoms with Crippen molar-refractivity contribution < 1.29 is 0 Å². The van der Waals surface area contributed by atoms with Crippen molar-refractivity contribution >= 4 is 0 Å². The van der Waals surface area contributed by atoms with Gasteiger partial charge >= 0.3 is 0 Å². The predicted molar refractivity (Wildman–Crippen MR) is 71.0 cm³/mol. The summed E-state index contributed by atoms with van der Waals surface area (Å²) in [6.45, 7) is 3.36. The molecule has 1 N–H and O–H groups in total. The molecule has 1 fully saturated rings. The van der Waals surface area contributed by atoms with E-state index < -0.39 is 0 Å². The molecule has 3 heteroatoms. The van der Waals surface area contributed by atoms with Gasteiger partial charge in [-0.05, 0) is 31.9 Å². The lowest BCUT2D eigenvalue weighted by Crippen LogP contribution is -2.39. The molecule has 1 aromatic rings. The lowest BCUT2D eigenvalue weighted by Gasteiger charge is -2.30. The Bertz CT molecular complexity index is 292. The predicted octanol–water partition coefficient (Wildman–Crippen LogP) is 3.15. The third-order valence-electron chi connectivity index (χ3n) is 3.75. The number of nitrogens with one attached hydrogen (secondary N) is 1. The molecule has 96 valence electrons. The first kappa shape index (κ1) is 12.6. The van der Waals surface area contributed by atoms with Crippen LogP contribution in [0.5, 0.6) is 0 Å². The number of nitrogens with zero attached hydrogens (tertiary/aromatic N) is 2. The van der Waals surface area contributed by atoms with Crippen LogP contribution in [0.25, 0.3) is 0 Å². The Morgan fingerprint density at radius 1 is 1.24 bits per heavy atom. The van der Waals surface area contributed by atoms with Gasteiger partial charge in [-0.15, -0.1) is 0 Å². The van der Waals surface area contributed by atoms with Crippen LogP contribution in [0, 0.1) is 0 Å². The van der Waals surface area contributed by atoms with Crippen molar-refractivity contribution in [1.29, 1.82) is 0 Å². The van der Waals surface area contributed by atoms with Gasteiger partial charge in [0.25, 0.3) is 0 Å². The van der Waals surface area contributed by atoms with E-state index in [0.717, 1.165) is 6.54 Å². The zero-order valence-corrected chi connectivity index (χ0v) is 10.9. The fraction of sp³-hybridized carbons (Fsp3) is 0.786. The van der Waals surface area contributed by atoms with Crippen LogP contribution in [-0.2, 0) is 0 Å². The normalized spacial score (nSPS) is 26.4. The first-order valence-corrected chi connectivity index (χ1v) is 7.14. The van der Waals surface area contributed by atoms with E-state index in [1.54, 1.807) is 0 Å². The summed E-state index contributed by atoms with van der Waals surface area (Å²) in [4.78, 5) is 0. The van der Waals surface area contributed by atoms with Gasteiger partial charge in [0, 0.05) is 18.4 Å². The SMILES string of the molecule is CCCNC1CCCCCCC1n1cccn1. The summed E-state index contributed by atoms with van der Waals surface area (Å²) in [5.41, 5.74) is 0. The number of hydrogen-bond acceptors (Lipinski definition) is 2. The number of rotatable bonds is 4. The van der Waals surface area contributed by atoms with E-state index in [9.17, 15) is 0 Å². The van der Waals surface area contributed by atoms with Gasteiger partial charge in [-0.1, -0.05) is 32.6 Å². The lowest BCUT2D eigenvalue weighted by molar-refractivity contribution is 0.267. The molecule has 17 heavy (non-hydrogen) atoms. The van der Waals surface area contributed by atoms with Crippen molar-refractivity contribution in [2.75, 3.05) is 6.54 Å². The van der Waals surface area contributed by atoms with Crippen molar-refractivity contribution in [3.05, 3.63) is 18.5 Å². The minimum absolute atomic E-state index is 0.553. The van der Waals surface area contributed by atoms with Crippen LogP contribution in [0.3, 0.4) is 0 Å². The van der Waals surface area contributed by atoms with Crippen LogP contribution in [0.4, 0.5) is 0 Å². The van der Waals surface area contributed by atoms with Gasteiger partial charge in [-0.3, -0.25) is 4.68 Å². The topological polar surface area (TPSA) is 29.9 Å². The zero-order chi connectivity index (χ0) is 11.9. The highest BCUT2D eigenvalue weighted by Gasteiger charge is 2.23. The Morgan fingerprint density at radius 3 is 2.76 bits per heavy atom. The van der Waals surface area contributed by atoms with Gasteiger partial charge in [0.15, 0.2) is 0 Å². The fourth-order valence-corrected chi connectivity index (χ4v) is 2.83. The summed E-state index contributed by atoms with van der Waals surface area (Å²) < 4.78 is 2.17. The van der Waals surface area contributed by atoms with Crippen LogP contribution >= 0.6 is 0 Å². The highest BCUT2D eigenvalue weighted by molar-refractivity contribution is 4.88. The van der Waals surface area contributed by atoms with Crippen LogP contribution in [0.1, 0.15) is 57.9 Å². The van der Waals surface area contributed by atoms with E-state index in [4.69, 9.17) is 0 Å². The number of aromatic nitrogens is 2. The smallest absolute Gasteiger partial charge is 0.0672 e. The summed E-state index contributed by atoms with van der Waals surface area (Å²) in [6.07, 6.45) is 13.3. The highest BCUT2D eigenvalue weighted by Crippen LogP contribution is 2.26. The molecule has 1 saturated carbocycles. The van der Waals surface area contributed by atoms with Gasteiger partial charge in [-0.2, -0.15) is 5.10 Å². The van der Waals surface area contributed by atoms with Gasteiger partial charge in [0.05, 0.1) is 6.04 Å². The quantitative estimate of drug-likeness (QED) is 0.869. The molecule has 0 spiro atoms. The molecule has 0 aliphatic heterocycles. The minimum Gasteiger partial charge on any atom is -0.312 e. The van der Waals surface area contributed by atoms with Gasteiger partial charge in [0.1, 0.15) is 0 Å². The van der Waals surface area contributed by atoms with Gasteiger partial charge < -0.3 is 5.32 Å². The summed E-state index contributed by atoms with van der Waals surface area (Å²) in [5, 5.41) is 8.16. The first-order valence-electron chi connectivity index (χ1n) is 7.14. The van der Waals surface area contributed by atoms with Crippen LogP contribution in [-0.4, -0.2) is 22.4 Å². The third-order valence-corrected chi connectivity index (χ3v) is 3.75. The van der Waals surface area contributed by atoms with Crippen molar-refractivity contribution in [3.63, 3.8) is 0 Å².